The standard InChI is InChI=1S/C20H30O4/c1-13(2)9-7-10-14(3)11-8-12-16-15(4)17(21)19(23-5)20(24-6)18(16)22/h9,11,21-22H,7-8,10,12H2,1-6H3/b14-11+. The Hall–Kier alpha value is -2.10. The first-order valence-electron chi connectivity index (χ1n) is 8.27. The number of methoxy groups -OCH3 is 2. The van der Waals surface area contributed by atoms with Gasteiger partial charge in [0, 0.05) is 11.1 Å². The Morgan fingerprint density at radius 1 is 0.917 bits per heavy atom. The van der Waals surface area contributed by atoms with E-state index in [9.17, 15) is 10.2 Å². The molecule has 0 bridgehead atoms. The summed E-state index contributed by atoms with van der Waals surface area (Å²) in [6, 6.07) is 0. The van der Waals surface area contributed by atoms with Crippen LogP contribution in [0.15, 0.2) is 23.3 Å². The van der Waals surface area contributed by atoms with Gasteiger partial charge in [0.05, 0.1) is 14.2 Å². The zero-order valence-corrected chi connectivity index (χ0v) is 15.7. The molecule has 0 spiro atoms. The Morgan fingerprint density at radius 3 is 2.04 bits per heavy atom. The maximum Gasteiger partial charge on any atom is 0.207 e. The van der Waals surface area contributed by atoms with Crippen molar-refractivity contribution in [2.75, 3.05) is 14.2 Å². The summed E-state index contributed by atoms with van der Waals surface area (Å²) in [5.41, 5.74) is 3.98. The van der Waals surface area contributed by atoms with Crippen molar-refractivity contribution in [3.63, 3.8) is 0 Å². The summed E-state index contributed by atoms with van der Waals surface area (Å²) < 4.78 is 10.3. The van der Waals surface area contributed by atoms with Gasteiger partial charge in [-0.05, 0) is 53.4 Å². The second-order valence-electron chi connectivity index (χ2n) is 6.28. The van der Waals surface area contributed by atoms with Crippen molar-refractivity contribution in [1.82, 2.24) is 0 Å². The van der Waals surface area contributed by atoms with Gasteiger partial charge >= 0.3 is 0 Å². The van der Waals surface area contributed by atoms with Crippen molar-refractivity contribution >= 4 is 0 Å². The fourth-order valence-electron chi connectivity index (χ4n) is 2.68. The summed E-state index contributed by atoms with van der Waals surface area (Å²) in [5, 5.41) is 20.7. The molecule has 0 fully saturated rings. The third-order valence-corrected chi connectivity index (χ3v) is 4.12. The number of phenolic OH excluding ortho intramolecular Hbond substituents is 2. The molecule has 0 atom stereocenters. The highest BCUT2D eigenvalue weighted by molar-refractivity contribution is 5.65. The summed E-state index contributed by atoms with van der Waals surface area (Å²) in [6.07, 6.45) is 7.93. The highest BCUT2D eigenvalue weighted by atomic mass is 16.5. The molecule has 0 aliphatic heterocycles. The predicted molar refractivity (Wildman–Crippen MR) is 98.4 cm³/mol. The fourth-order valence-corrected chi connectivity index (χ4v) is 2.68. The average molecular weight is 334 g/mol. The number of allylic oxidation sites excluding steroid dienone is 4. The summed E-state index contributed by atoms with van der Waals surface area (Å²) in [4.78, 5) is 0. The van der Waals surface area contributed by atoms with Crippen LogP contribution in [0.1, 0.15) is 51.2 Å². The average Bonchev–Trinajstić information content (AvgIpc) is 2.53. The summed E-state index contributed by atoms with van der Waals surface area (Å²) >= 11 is 0. The van der Waals surface area contributed by atoms with Crippen molar-refractivity contribution in [3.8, 4) is 23.0 Å². The van der Waals surface area contributed by atoms with E-state index in [1.54, 1.807) is 6.92 Å². The van der Waals surface area contributed by atoms with Gasteiger partial charge in [0.2, 0.25) is 11.5 Å². The fraction of sp³-hybridized carbons (Fsp3) is 0.500. The quantitative estimate of drug-likeness (QED) is 0.516. The molecular formula is C20H30O4. The molecule has 0 saturated carbocycles. The third kappa shape index (κ3) is 4.95. The first kappa shape index (κ1) is 19.9. The number of ether oxygens (including phenoxy) is 2. The van der Waals surface area contributed by atoms with Crippen molar-refractivity contribution in [2.45, 2.75) is 53.4 Å². The lowest BCUT2D eigenvalue weighted by atomic mass is 9.99. The van der Waals surface area contributed by atoms with Crippen molar-refractivity contribution < 1.29 is 19.7 Å². The Morgan fingerprint density at radius 2 is 1.50 bits per heavy atom. The van der Waals surface area contributed by atoms with Gasteiger partial charge in [-0.2, -0.15) is 0 Å². The molecule has 0 radical (unpaired) electrons. The van der Waals surface area contributed by atoms with E-state index in [1.807, 2.05) is 0 Å². The number of phenols is 2. The molecule has 24 heavy (non-hydrogen) atoms. The zero-order chi connectivity index (χ0) is 18.3. The molecule has 1 aromatic carbocycles. The number of rotatable bonds is 8. The van der Waals surface area contributed by atoms with Crippen molar-refractivity contribution in [3.05, 3.63) is 34.4 Å². The van der Waals surface area contributed by atoms with E-state index in [1.165, 1.54) is 25.4 Å². The number of aromatic hydroxyl groups is 2. The third-order valence-electron chi connectivity index (χ3n) is 4.12. The minimum Gasteiger partial charge on any atom is -0.504 e. The lowest BCUT2D eigenvalue weighted by molar-refractivity contribution is 0.313. The number of hydrogen-bond donors (Lipinski definition) is 2. The van der Waals surface area contributed by atoms with E-state index in [-0.39, 0.29) is 23.0 Å². The van der Waals surface area contributed by atoms with Crippen LogP contribution in [-0.2, 0) is 6.42 Å². The number of benzene rings is 1. The molecule has 4 heteroatoms. The molecule has 0 aliphatic carbocycles. The Bertz CT molecular complexity index is 623. The van der Waals surface area contributed by atoms with Crippen molar-refractivity contribution in [1.29, 1.82) is 0 Å². The van der Waals surface area contributed by atoms with Crippen LogP contribution in [0.25, 0.3) is 0 Å². The maximum atomic E-state index is 10.4. The lowest BCUT2D eigenvalue weighted by Gasteiger charge is -2.17. The Balaban J connectivity index is 2.89. The second kappa shape index (κ2) is 9.26. The van der Waals surface area contributed by atoms with Crippen LogP contribution < -0.4 is 9.47 Å². The van der Waals surface area contributed by atoms with Gasteiger partial charge in [-0.15, -0.1) is 0 Å². The summed E-state index contributed by atoms with van der Waals surface area (Å²) in [6.45, 7) is 8.11. The van der Waals surface area contributed by atoms with Gasteiger partial charge in [0.1, 0.15) is 0 Å². The molecule has 2 N–H and O–H groups in total. The Kier molecular flexibility index (Phi) is 7.69. The largest absolute Gasteiger partial charge is 0.504 e. The molecule has 0 saturated heterocycles. The molecule has 1 rings (SSSR count). The van der Waals surface area contributed by atoms with Gasteiger partial charge in [0.15, 0.2) is 11.5 Å². The molecule has 1 aromatic rings. The first-order valence-corrected chi connectivity index (χ1v) is 8.27. The lowest BCUT2D eigenvalue weighted by Crippen LogP contribution is -1.98. The van der Waals surface area contributed by atoms with Crippen LogP contribution in [-0.4, -0.2) is 24.4 Å². The molecule has 4 nitrogen and oxygen atoms in total. The first-order chi connectivity index (χ1) is 11.3. The van der Waals surface area contributed by atoms with Crippen molar-refractivity contribution in [2.24, 2.45) is 0 Å². The van der Waals surface area contributed by atoms with Crippen LogP contribution in [0.4, 0.5) is 0 Å². The Labute approximate surface area is 145 Å². The highest BCUT2D eigenvalue weighted by Gasteiger charge is 2.22. The minimum absolute atomic E-state index is 0.0198. The van der Waals surface area contributed by atoms with Gasteiger partial charge < -0.3 is 19.7 Å². The van der Waals surface area contributed by atoms with E-state index in [4.69, 9.17) is 9.47 Å². The zero-order valence-electron chi connectivity index (χ0n) is 15.7. The van der Waals surface area contributed by atoms with Gasteiger partial charge in [-0.3, -0.25) is 0 Å². The number of hydrogen-bond acceptors (Lipinski definition) is 4. The molecule has 0 aliphatic rings. The van der Waals surface area contributed by atoms with Crippen LogP contribution in [0.2, 0.25) is 0 Å². The summed E-state index contributed by atoms with van der Waals surface area (Å²) in [7, 11) is 2.89. The van der Waals surface area contributed by atoms with E-state index in [0.29, 0.717) is 17.5 Å². The van der Waals surface area contributed by atoms with E-state index in [2.05, 4.69) is 32.9 Å². The van der Waals surface area contributed by atoms with E-state index < -0.39 is 0 Å². The maximum absolute atomic E-state index is 10.4. The van der Waals surface area contributed by atoms with Crippen LogP contribution in [0, 0.1) is 6.92 Å². The summed E-state index contributed by atoms with van der Waals surface area (Å²) in [5.74, 6) is 0.413. The molecular weight excluding hydrogens is 304 g/mol. The molecule has 0 aromatic heterocycles. The normalized spacial score (nSPS) is 11.3. The SMILES string of the molecule is COc1c(O)c(C)c(CC/C=C(\C)CCC=C(C)C)c(O)c1OC. The second-order valence-corrected chi connectivity index (χ2v) is 6.28. The topological polar surface area (TPSA) is 58.9 Å². The van der Waals surface area contributed by atoms with E-state index >= 15 is 0 Å². The molecule has 0 heterocycles. The van der Waals surface area contributed by atoms with Crippen LogP contribution in [0.5, 0.6) is 23.0 Å². The smallest absolute Gasteiger partial charge is 0.207 e. The molecule has 0 amide bonds. The highest BCUT2D eigenvalue weighted by Crippen LogP contribution is 2.48. The van der Waals surface area contributed by atoms with Crippen LogP contribution >= 0.6 is 0 Å². The predicted octanol–water partition coefficient (Wildman–Crippen LogP) is 5.05. The van der Waals surface area contributed by atoms with Gasteiger partial charge in [0.25, 0.3) is 0 Å². The van der Waals surface area contributed by atoms with Crippen LogP contribution in [0.3, 0.4) is 0 Å². The molecule has 134 valence electrons. The minimum atomic E-state index is 0.0198. The monoisotopic (exact) mass is 334 g/mol. The van der Waals surface area contributed by atoms with Gasteiger partial charge in [-0.1, -0.05) is 23.3 Å². The van der Waals surface area contributed by atoms with E-state index in [0.717, 1.165) is 19.3 Å². The molecule has 0 unspecified atom stereocenters. The van der Waals surface area contributed by atoms with Gasteiger partial charge in [-0.25, -0.2) is 0 Å².